The number of hydrogen-bond acceptors (Lipinski definition) is 4. The largest absolute Gasteiger partial charge is 0.394 e. The Bertz CT molecular complexity index is 192. The normalized spacial score (nSPS) is 20.7. The summed E-state index contributed by atoms with van der Waals surface area (Å²) >= 11 is 0. The highest BCUT2D eigenvalue weighted by Gasteiger charge is 2.20. The van der Waals surface area contributed by atoms with E-state index < -0.39 is 0 Å². The van der Waals surface area contributed by atoms with E-state index in [2.05, 4.69) is 5.32 Å². The molecule has 0 bridgehead atoms. The molecule has 5 heteroatoms. The summed E-state index contributed by atoms with van der Waals surface area (Å²) in [6.45, 7) is 2.94. The van der Waals surface area contributed by atoms with Gasteiger partial charge in [0.2, 0.25) is 5.91 Å². The molecular formula is C11H21NO4. The summed E-state index contributed by atoms with van der Waals surface area (Å²) < 4.78 is 10.3. The minimum atomic E-state index is 0.0205. The molecule has 1 unspecified atom stereocenters. The Morgan fingerprint density at radius 2 is 2.38 bits per heavy atom. The van der Waals surface area contributed by atoms with Crippen molar-refractivity contribution in [3.05, 3.63) is 0 Å². The van der Waals surface area contributed by atoms with Gasteiger partial charge in [-0.3, -0.25) is 4.79 Å². The second kappa shape index (κ2) is 8.50. The monoisotopic (exact) mass is 231 g/mol. The fraction of sp³-hybridized carbons (Fsp3) is 0.909. The molecule has 1 rings (SSSR count). The lowest BCUT2D eigenvalue weighted by Crippen LogP contribution is -2.36. The van der Waals surface area contributed by atoms with Gasteiger partial charge in [-0.15, -0.1) is 0 Å². The third-order valence-electron chi connectivity index (χ3n) is 2.53. The third kappa shape index (κ3) is 5.44. The first-order valence-corrected chi connectivity index (χ1v) is 5.88. The average Bonchev–Trinajstić information content (AvgIpc) is 2.34. The standard InChI is InChI=1S/C11H21NO4/c13-5-8-15-7-2-4-12-11(14)10-3-1-6-16-9-10/h10,13H,1-9H2,(H,12,14). The van der Waals surface area contributed by atoms with Crippen LogP contribution in [0.2, 0.25) is 0 Å². The van der Waals surface area contributed by atoms with E-state index in [0.717, 1.165) is 25.9 Å². The summed E-state index contributed by atoms with van der Waals surface area (Å²) in [4.78, 5) is 11.6. The number of nitrogens with one attached hydrogen (secondary N) is 1. The predicted molar refractivity (Wildman–Crippen MR) is 59.1 cm³/mol. The highest BCUT2D eigenvalue weighted by Crippen LogP contribution is 2.13. The van der Waals surface area contributed by atoms with Crippen LogP contribution in [-0.4, -0.2) is 50.6 Å². The van der Waals surface area contributed by atoms with Crippen molar-refractivity contribution in [1.82, 2.24) is 5.32 Å². The summed E-state index contributed by atoms with van der Waals surface area (Å²) in [5.74, 6) is 0.106. The van der Waals surface area contributed by atoms with Gasteiger partial charge >= 0.3 is 0 Å². The summed E-state index contributed by atoms with van der Waals surface area (Å²) in [6, 6.07) is 0. The predicted octanol–water partition coefficient (Wildman–Crippen LogP) is -0.0718. The summed E-state index contributed by atoms with van der Waals surface area (Å²) in [5.41, 5.74) is 0. The topological polar surface area (TPSA) is 67.8 Å². The number of ether oxygens (including phenoxy) is 2. The lowest BCUT2D eigenvalue weighted by Gasteiger charge is -2.21. The molecule has 16 heavy (non-hydrogen) atoms. The maximum Gasteiger partial charge on any atom is 0.225 e. The van der Waals surface area contributed by atoms with Crippen LogP contribution >= 0.6 is 0 Å². The molecule has 1 heterocycles. The number of carbonyl (C=O) groups is 1. The molecule has 1 amide bonds. The Kier molecular flexibility index (Phi) is 7.12. The lowest BCUT2D eigenvalue weighted by molar-refractivity contribution is -0.129. The molecule has 0 saturated carbocycles. The summed E-state index contributed by atoms with van der Waals surface area (Å²) in [6.07, 6.45) is 2.67. The third-order valence-corrected chi connectivity index (χ3v) is 2.53. The number of amides is 1. The van der Waals surface area contributed by atoms with E-state index in [9.17, 15) is 4.79 Å². The Morgan fingerprint density at radius 3 is 3.06 bits per heavy atom. The van der Waals surface area contributed by atoms with E-state index in [-0.39, 0.29) is 18.4 Å². The quantitative estimate of drug-likeness (QED) is 0.602. The van der Waals surface area contributed by atoms with E-state index in [1.54, 1.807) is 0 Å². The zero-order valence-corrected chi connectivity index (χ0v) is 9.61. The summed E-state index contributed by atoms with van der Waals surface area (Å²) in [5, 5.41) is 11.3. The zero-order valence-electron chi connectivity index (χ0n) is 9.61. The van der Waals surface area contributed by atoms with Crippen LogP contribution in [0.4, 0.5) is 0 Å². The van der Waals surface area contributed by atoms with Gasteiger partial charge in [-0.2, -0.15) is 0 Å². The maximum atomic E-state index is 11.6. The van der Waals surface area contributed by atoms with Crippen molar-refractivity contribution in [2.75, 3.05) is 39.6 Å². The van der Waals surface area contributed by atoms with E-state index in [1.165, 1.54) is 0 Å². The van der Waals surface area contributed by atoms with Gasteiger partial charge < -0.3 is 19.9 Å². The minimum Gasteiger partial charge on any atom is -0.394 e. The van der Waals surface area contributed by atoms with Gasteiger partial charge in [0.25, 0.3) is 0 Å². The molecule has 0 aromatic carbocycles. The Hall–Kier alpha value is -0.650. The Morgan fingerprint density at radius 1 is 1.50 bits per heavy atom. The SMILES string of the molecule is O=C(NCCCOCCO)C1CCCOC1. The smallest absolute Gasteiger partial charge is 0.225 e. The van der Waals surface area contributed by atoms with Crippen LogP contribution in [0.15, 0.2) is 0 Å². The average molecular weight is 231 g/mol. The van der Waals surface area contributed by atoms with Crippen molar-refractivity contribution in [1.29, 1.82) is 0 Å². The van der Waals surface area contributed by atoms with Gasteiger partial charge in [0, 0.05) is 19.8 Å². The van der Waals surface area contributed by atoms with Crippen LogP contribution in [0.3, 0.4) is 0 Å². The fourth-order valence-electron chi connectivity index (χ4n) is 1.64. The van der Waals surface area contributed by atoms with Crippen LogP contribution < -0.4 is 5.32 Å². The number of aliphatic hydroxyl groups excluding tert-OH is 1. The van der Waals surface area contributed by atoms with Crippen LogP contribution in [0.1, 0.15) is 19.3 Å². The molecule has 2 N–H and O–H groups in total. The van der Waals surface area contributed by atoms with E-state index in [1.807, 2.05) is 0 Å². The van der Waals surface area contributed by atoms with Gasteiger partial charge in [0.05, 0.1) is 25.7 Å². The van der Waals surface area contributed by atoms with Gasteiger partial charge in [-0.1, -0.05) is 0 Å². The van der Waals surface area contributed by atoms with Crippen LogP contribution in [0, 0.1) is 5.92 Å². The molecule has 1 fully saturated rings. The van der Waals surface area contributed by atoms with Crippen molar-refractivity contribution in [2.24, 2.45) is 5.92 Å². The molecule has 0 radical (unpaired) electrons. The van der Waals surface area contributed by atoms with Gasteiger partial charge in [0.15, 0.2) is 0 Å². The maximum absolute atomic E-state index is 11.6. The molecule has 0 aromatic heterocycles. The first-order chi connectivity index (χ1) is 7.84. The van der Waals surface area contributed by atoms with E-state index in [0.29, 0.717) is 26.4 Å². The minimum absolute atomic E-state index is 0.0205. The second-order valence-corrected chi connectivity index (χ2v) is 3.89. The number of rotatable bonds is 7. The van der Waals surface area contributed by atoms with Crippen molar-refractivity contribution >= 4 is 5.91 Å². The Labute approximate surface area is 96.1 Å². The second-order valence-electron chi connectivity index (χ2n) is 3.89. The molecule has 94 valence electrons. The van der Waals surface area contributed by atoms with E-state index >= 15 is 0 Å². The van der Waals surface area contributed by atoms with Gasteiger partial charge in [-0.05, 0) is 19.3 Å². The van der Waals surface area contributed by atoms with Crippen LogP contribution in [0.25, 0.3) is 0 Å². The highest BCUT2D eigenvalue weighted by atomic mass is 16.5. The molecule has 1 aliphatic heterocycles. The Balaban J connectivity index is 1.97. The fourth-order valence-corrected chi connectivity index (χ4v) is 1.64. The highest BCUT2D eigenvalue weighted by molar-refractivity contribution is 5.78. The molecule has 1 atom stereocenters. The van der Waals surface area contributed by atoms with Crippen LogP contribution in [-0.2, 0) is 14.3 Å². The molecule has 0 spiro atoms. The zero-order chi connectivity index (χ0) is 11.6. The molecule has 1 aliphatic rings. The van der Waals surface area contributed by atoms with Crippen molar-refractivity contribution in [3.8, 4) is 0 Å². The summed E-state index contributed by atoms with van der Waals surface area (Å²) in [7, 11) is 0. The molecule has 0 aromatic rings. The lowest BCUT2D eigenvalue weighted by atomic mass is 10.0. The number of aliphatic hydroxyl groups is 1. The first-order valence-electron chi connectivity index (χ1n) is 5.88. The van der Waals surface area contributed by atoms with Gasteiger partial charge in [-0.25, -0.2) is 0 Å². The van der Waals surface area contributed by atoms with Gasteiger partial charge in [0.1, 0.15) is 0 Å². The molecule has 5 nitrogen and oxygen atoms in total. The van der Waals surface area contributed by atoms with Crippen molar-refractivity contribution in [3.63, 3.8) is 0 Å². The van der Waals surface area contributed by atoms with E-state index in [4.69, 9.17) is 14.6 Å². The van der Waals surface area contributed by atoms with Crippen molar-refractivity contribution < 1.29 is 19.4 Å². The number of carbonyl (C=O) groups excluding carboxylic acids is 1. The molecule has 0 aliphatic carbocycles. The van der Waals surface area contributed by atoms with Crippen molar-refractivity contribution in [2.45, 2.75) is 19.3 Å². The van der Waals surface area contributed by atoms with Crippen LogP contribution in [0.5, 0.6) is 0 Å². The molecular weight excluding hydrogens is 210 g/mol. The number of hydrogen-bond donors (Lipinski definition) is 2. The first kappa shape index (κ1) is 13.4. The molecule has 1 saturated heterocycles.